The summed E-state index contributed by atoms with van der Waals surface area (Å²) in [5, 5.41) is 0. The first-order chi connectivity index (χ1) is 5.83. The molecule has 0 aliphatic heterocycles. The Labute approximate surface area is 74.0 Å². The monoisotopic (exact) mass is 166 g/mol. The summed E-state index contributed by atoms with van der Waals surface area (Å²) in [6.45, 7) is 5.82. The zero-order chi connectivity index (χ0) is 8.81. The first-order valence-electron chi connectivity index (χ1n) is 4.59. The van der Waals surface area contributed by atoms with Crippen LogP contribution in [0.5, 0.6) is 0 Å². The maximum absolute atomic E-state index is 5.24. The molecule has 2 heteroatoms. The molecule has 0 bridgehead atoms. The van der Waals surface area contributed by atoms with Gasteiger partial charge >= 0.3 is 0 Å². The molecule has 1 aromatic rings. The largest absolute Gasteiger partial charge is 0.446 e. The summed E-state index contributed by atoms with van der Waals surface area (Å²) in [5.41, 5.74) is 0. The van der Waals surface area contributed by atoms with Gasteiger partial charge in [-0.3, -0.25) is 0 Å². The smallest absolute Gasteiger partial charge is 0.194 e. The Balaban J connectivity index is 2.15. The van der Waals surface area contributed by atoms with Gasteiger partial charge in [0.2, 0.25) is 0 Å². The van der Waals surface area contributed by atoms with E-state index >= 15 is 0 Å². The molecular weight excluding hydrogens is 150 g/mol. The molecule has 0 atom stereocenters. The van der Waals surface area contributed by atoms with Crippen molar-refractivity contribution in [2.45, 2.75) is 39.0 Å². The van der Waals surface area contributed by atoms with Crippen LogP contribution in [0.3, 0.4) is 0 Å². The minimum atomic E-state index is 0.528. The van der Waals surface area contributed by atoms with Crippen LogP contribution in [-0.2, 0) is 6.42 Å². The number of nitrogens with zero attached hydrogens (tertiary/aromatic N) is 1. The average Bonchev–Trinajstić information content (AvgIpc) is 2.45. The third-order valence-corrected chi connectivity index (χ3v) is 1.88. The topological polar surface area (TPSA) is 26.0 Å². The minimum absolute atomic E-state index is 0.528. The van der Waals surface area contributed by atoms with Gasteiger partial charge in [-0.25, -0.2) is 4.98 Å². The highest BCUT2D eigenvalue weighted by Crippen LogP contribution is 2.08. The van der Waals surface area contributed by atoms with Gasteiger partial charge in [-0.1, -0.05) is 26.2 Å². The normalized spacial score (nSPS) is 10.5. The first-order valence-corrected chi connectivity index (χ1v) is 4.59. The van der Waals surface area contributed by atoms with Crippen molar-refractivity contribution >= 4 is 0 Å². The van der Waals surface area contributed by atoms with E-state index in [-0.39, 0.29) is 0 Å². The SMILES string of the molecule is [CH2]c1ncc(CCCCCC)o1. The molecule has 67 valence electrons. The molecule has 1 radical (unpaired) electrons. The number of hydrogen-bond acceptors (Lipinski definition) is 2. The molecule has 0 aliphatic carbocycles. The highest BCUT2D eigenvalue weighted by molar-refractivity contribution is 4.95. The van der Waals surface area contributed by atoms with E-state index in [9.17, 15) is 0 Å². The minimum Gasteiger partial charge on any atom is -0.446 e. The fraction of sp³-hybridized carbons (Fsp3) is 0.600. The van der Waals surface area contributed by atoms with Gasteiger partial charge < -0.3 is 4.42 Å². The van der Waals surface area contributed by atoms with Crippen LogP contribution in [-0.4, -0.2) is 4.98 Å². The summed E-state index contributed by atoms with van der Waals surface area (Å²) in [5.74, 6) is 1.50. The van der Waals surface area contributed by atoms with Gasteiger partial charge in [0.1, 0.15) is 5.76 Å². The summed E-state index contributed by atoms with van der Waals surface area (Å²) in [6.07, 6.45) is 7.84. The summed E-state index contributed by atoms with van der Waals surface area (Å²) < 4.78 is 5.24. The number of oxazole rings is 1. The predicted molar refractivity (Wildman–Crippen MR) is 48.8 cm³/mol. The van der Waals surface area contributed by atoms with E-state index < -0.39 is 0 Å². The molecule has 12 heavy (non-hydrogen) atoms. The molecular formula is C10H16NO. The second-order valence-corrected chi connectivity index (χ2v) is 3.03. The molecule has 0 aliphatic rings. The molecule has 1 aromatic heterocycles. The Hall–Kier alpha value is -0.790. The third-order valence-electron chi connectivity index (χ3n) is 1.88. The maximum atomic E-state index is 5.24. The van der Waals surface area contributed by atoms with Gasteiger partial charge in [-0.15, -0.1) is 0 Å². The van der Waals surface area contributed by atoms with E-state index in [1.807, 2.05) is 0 Å². The van der Waals surface area contributed by atoms with Gasteiger partial charge in [0.25, 0.3) is 0 Å². The zero-order valence-corrected chi connectivity index (χ0v) is 7.68. The van der Waals surface area contributed by atoms with Crippen molar-refractivity contribution in [3.8, 4) is 0 Å². The summed E-state index contributed by atoms with van der Waals surface area (Å²) >= 11 is 0. The molecule has 0 amide bonds. The Bertz CT molecular complexity index is 217. The molecule has 0 spiro atoms. The maximum Gasteiger partial charge on any atom is 0.194 e. The van der Waals surface area contributed by atoms with Gasteiger partial charge in [0.15, 0.2) is 5.89 Å². The van der Waals surface area contributed by atoms with Crippen molar-refractivity contribution in [1.29, 1.82) is 0 Å². The highest BCUT2D eigenvalue weighted by atomic mass is 16.3. The molecule has 0 saturated heterocycles. The second-order valence-electron chi connectivity index (χ2n) is 3.03. The molecule has 0 saturated carbocycles. The molecule has 1 heterocycles. The van der Waals surface area contributed by atoms with Crippen molar-refractivity contribution in [2.24, 2.45) is 0 Å². The number of aryl methyl sites for hydroxylation is 1. The van der Waals surface area contributed by atoms with Crippen LogP contribution < -0.4 is 0 Å². The van der Waals surface area contributed by atoms with Gasteiger partial charge in [0.05, 0.1) is 6.20 Å². The van der Waals surface area contributed by atoms with Crippen LogP contribution in [0.2, 0.25) is 0 Å². The molecule has 1 rings (SSSR count). The van der Waals surface area contributed by atoms with Crippen molar-refractivity contribution < 1.29 is 4.42 Å². The van der Waals surface area contributed by atoms with Crippen LogP contribution in [0.1, 0.15) is 44.3 Å². The predicted octanol–water partition coefficient (Wildman–Crippen LogP) is 2.98. The number of hydrogen-bond donors (Lipinski definition) is 0. The second kappa shape index (κ2) is 4.96. The number of rotatable bonds is 5. The molecule has 0 unspecified atom stereocenters. The quantitative estimate of drug-likeness (QED) is 0.628. The van der Waals surface area contributed by atoms with Crippen LogP contribution >= 0.6 is 0 Å². The Morgan fingerprint density at radius 2 is 2.25 bits per heavy atom. The lowest BCUT2D eigenvalue weighted by Crippen LogP contribution is -1.82. The average molecular weight is 166 g/mol. The molecule has 0 fully saturated rings. The Morgan fingerprint density at radius 1 is 1.42 bits per heavy atom. The van der Waals surface area contributed by atoms with Gasteiger partial charge in [0, 0.05) is 13.3 Å². The Kier molecular flexibility index (Phi) is 3.85. The van der Waals surface area contributed by atoms with Crippen molar-refractivity contribution in [3.63, 3.8) is 0 Å². The molecule has 0 N–H and O–H groups in total. The van der Waals surface area contributed by atoms with E-state index in [0.29, 0.717) is 5.89 Å². The van der Waals surface area contributed by atoms with E-state index in [0.717, 1.165) is 12.2 Å². The fourth-order valence-electron chi connectivity index (χ4n) is 1.19. The fourth-order valence-corrected chi connectivity index (χ4v) is 1.19. The Morgan fingerprint density at radius 3 is 2.83 bits per heavy atom. The summed E-state index contributed by atoms with van der Waals surface area (Å²) in [7, 11) is 0. The standard InChI is InChI=1S/C10H16NO/c1-3-4-5-6-7-10-8-11-9(2)12-10/h8H,2-7H2,1H3. The zero-order valence-electron chi connectivity index (χ0n) is 7.68. The van der Waals surface area contributed by atoms with E-state index in [1.165, 1.54) is 25.7 Å². The summed E-state index contributed by atoms with van der Waals surface area (Å²) in [6, 6.07) is 0. The van der Waals surface area contributed by atoms with Crippen molar-refractivity contribution in [1.82, 2.24) is 4.98 Å². The summed E-state index contributed by atoms with van der Waals surface area (Å²) in [4.78, 5) is 3.94. The molecule has 2 nitrogen and oxygen atoms in total. The van der Waals surface area contributed by atoms with Crippen LogP contribution in [0.4, 0.5) is 0 Å². The lowest BCUT2D eigenvalue weighted by Gasteiger charge is -1.95. The number of unbranched alkanes of at least 4 members (excludes halogenated alkanes) is 3. The lowest BCUT2D eigenvalue weighted by atomic mass is 10.1. The van der Waals surface area contributed by atoms with E-state index in [1.54, 1.807) is 6.20 Å². The van der Waals surface area contributed by atoms with Crippen LogP contribution in [0, 0.1) is 6.92 Å². The highest BCUT2D eigenvalue weighted by Gasteiger charge is 1.98. The van der Waals surface area contributed by atoms with E-state index in [4.69, 9.17) is 4.42 Å². The number of aromatic nitrogens is 1. The molecule has 0 aromatic carbocycles. The first kappa shape index (κ1) is 9.30. The van der Waals surface area contributed by atoms with Crippen molar-refractivity contribution in [2.75, 3.05) is 0 Å². The van der Waals surface area contributed by atoms with E-state index in [2.05, 4.69) is 18.8 Å². The van der Waals surface area contributed by atoms with Crippen molar-refractivity contribution in [3.05, 3.63) is 24.8 Å². The third kappa shape index (κ3) is 3.07. The van der Waals surface area contributed by atoms with Crippen LogP contribution in [0.25, 0.3) is 0 Å². The van der Waals surface area contributed by atoms with Gasteiger partial charge in [-0.2, -0.15) is 0 Å². The van der Waals surface area contributed by atoms with Crippen LogP contribution in [0.15, 0.2) is 10.6 Å². The van der Waals surface area contributed by atoms with Gasteiger partial charge in [-0.05, 0) is 6.42 Å². The lowest BCUT2D eigenvalue weighted by molar-refractivity contribution is 0.476.